The minimum absolute atomic E-state index is 0.229. The van der Waals surface area contributed by atoms with Gasteiger partial charge in [0.1, 0.15) is 4.60 Å². The molecule has 0 aliphatic rings. The van der Waals surface area contributed by atoms with Gasteiger partial charge in [0.2, 0.25) is 0 Å². The van der Waals surface area contributed by atoms with Gasteiger partial charge in [-0.2, -0.15) is 0 Å². The largest absolute Gasteiger partial charge is 0.304 e. The van der Waals surface area contributed by atoms with E-state index in [1.807, 2.05) is 25.1 Å². The van der Waals surface area contributed by atoms with E-state index < -0.39 is 0 Å². The number of nitrogens with zero attached hydrogens (tertiary/aromatic N) is 1. The molecule has 1 rings (SSSR count). The van der Waals surface area contributed by atoms with Crippen LogP contribution in [-0.4, -0.2) is 11.6 Å². The lowest BCUT2D eigenvalue weighted by atomic mass is 10.1. The fourth-order valence-corrected chi connectivity index (χ4v) is 1.29. The van der Waals surface area contributed by atoms with Gasteiger partial charge in [-0.05, 0) is 28.1 Å². The van der Waals surface area contributed by atoms with Gasteiger partial charge in [0.15, 0.2) is 0 Å². The van der Waals surface area contributed by atoms with Crippen molar-refractivity contribution in [1.82, 2.24) is 4.98 Å². The normalized spacial score (nSPS) is 12.9. The van der Waals surface area contributed by atoms with Crippen LogP contribution in [-0.2, 0) is 4.84 Å². The van der Waals surface area contributed by atoms with E-state index in [4.69, 9.17) is 5.90 Å². The summed E-state index contributed by atoms with van der Waals surface area (Å²) < 4.78 is 0.837. The third kappa shape index (κ3) is 2.55. The van der Waals surface area contributed by atoms with Gasteiger partial charge in [0.25, 0.3) is 0 Å². The molecule has 1 unspecified atom stereocenters. The molecular formula is C8H11BrN2O. The molecule has 3 nitrogen and oxygen atoms in total. The zero-order valence-electron chi connectivity index (χ0n) is 6.83. The first-order chi connectivity index (χ1) is 5.74. The predicted molar refractivity (Wildman–Crippen MR) is 50.5 cm³/mol. The molecular weight excluding hydrogens is 220 g/mol. The fraction of sp³-hybridized carbons (Fsp3) is 0.375. The Bertz CT molecular complexity index is 255. The lowest BCUT2D eigenvalue weighted by molar-refractivity contribution is 0.126. The summed E-state index contributed by atoms with van der Waals surface area (Å²) >= 11 is 3.30. The van der Waals surface area contributed by atoms with Crippen molar-refractivity contribution in [2.75, 3.05) is 6.61 Å². The Labute approximate surface area is 80.0 Å². The van der Waals surface area contributed by atoms with E-state index in [2.05, 4.69) is 25.8 Å². The number of pyridine rings is 1. The van der Waals surface area contributed by atoms with Gasteiger partial charge in [-0.3, -0.25) is 0 Å². The molecule has 0 fully saturated rings. The number of nitrogens with two attached hydrogens (primary N) is 1. The molecule has 2 N–H and O–H groups in total. The summed E-state index contributed by atoms with van der Waals surface area (Å²) in [6.45, 7) is 2.51. The minimum Gasteiger partial charge on any atom is -0.304 e. The van der Waals surface area contributed by atoms with Crippen molar-refractivity contribution < 1.29 is 4.84 Å². The third-order valence-corrected chi connectivity index (χ3v) is 2.03. The van der Waals surface area contributed by atoms with Crippen molar-refractivity contribution >= 4 is 15.9 Å². The topological polar surface area (TPSA) is 48.1 Å². The second kappa shape index (κ2) is 4.54. The zero-order chi connectivity index (χ0) is 8.97. The Morgan fingerprint density at radius 2 is 2.42 bits per heavy atom. The van der Waals surface area contributed by atoms with Crippen LogP contribution in [0.15, 0.2) is 22.8 Å². The van der Waals surface area contributed by atoms with Gasteiger partial charge in [-0.25, -0.2) is 10.9 Å². The van der Waals surface area contributed by atoms with Gasteiger partial charge in [-0.15, -0.1) is 0 Å². The highest BCUT2D eigenvalue weighted by molar-refractivity contribution is 9.10. The first-order valence-corrected chi connectivity index (χ1v) is 4.47. The Kier molecular flexibility index (Phi) is 3.65. The van der Waals surface area contributed by atoms with E-state index in [1.165, 1.54) is 0 Å². The molecule has 0 bridgehead atoms. The van der Waals surface area contributed by atoms with Crippen molar-refractivity contribution in [3.05, 3.63) is 28.5 Å². The fourth-order valence-electron chi connectivity index (χ4n) is 0.928. The maximum absolute atomic E-state index is 4.97. The number of aromatic nitrogens is 1. The molecule has 0 aliphatic carbocycles. The number of halogens is 1. The van der Waals surface area contributed by atoms with Crippen molar-refractivity contribution in [1.29, 1.82) is 0 Å². The molecule has 0 saturated carbocycles. The highest BCUT2D eigenvalue weighted by atomic mass is 79.9. The van der Waals surface area contributed by atoms with Crippen molar-refractivity contribution in [3.63, 3.8) is 0 Å². The second-order valence-corrected chi connectivity index (χ2v) is 3.43. The molecule has 1 aromatic heterocycles. The van der Waals surface area contributed by atoms with Crippen LogP contribution in [0.1, 0.15) is 18.5 Å². The maximum atomic E-state index is 4.97. The first kappa shape index (κ1) is 9.64. The predicted octanol–water partition coefficient (Wildman–Crippen LogP) is 1.84. The molecule has 1 atom stereocenters. The summed E-state index contributed by atoms with van der Waals surface area (Å²) in [6, 6.07) is 5.79. The smallest absolute Gasteiger partial charge is 0.106 e. The van der Waals surface area contributed by atoms with Crippen molar-refractivity contribution in [2.24, 2.45) is 5.90 Å². The van der Waals surface area contributed by atoms with Crippen molar-refractivity contribution in [3.8, 4) is 0 Å². The standard InChI is InChI=1S/C8H11BrN2O/c1-6(5-12-10)7-3-2-4-8(9)11-7/h2-4,6H,5,10H2,1H3. The Morgan fingerprint density at radius 1 is 1.67 bits per heavy atom. The van der Waals surface area contributed by atoms with Crippen LogP contribution in [0.5, 0.6) is 0 Å². The molecule has 4 heteroatoms. The Balaban J connectivity index is 2.73. The number of rotatable bonds is 3. The highest BCUT2D eigenvalue weighted by Crippen LogP contribution is 2.14. The van der Waals surface area contributed by atoms with Crippen LogP contribution < -0.4 is 5.90 Å². The van der Waals surface area contributed by atoms with Gasteiger partial charge < -0.3 is 4.84 Å². The number of hydrogen-bond acceptors (Lipinski definition) is 3. The van der Waals surface area contributed by atoms with E-state index >= 15 is 0 Å². The van der Waals surface area contributed by atoms with E-state index in [1.54, 1.807) is 0 Å². The van der Waals surface area contributed by atoms with E-state index in [-0.39, 0.29) is 5.92 Å². The van der Waals surface area contributed by atoms with E-state index in [0.29, 0.717) is 6.61 Å². The molecule has 12 heavy (non-hydrogen) atoms. The summed E-state index contributed by atoms with van der Waals surface area (Å²) in [7, 11) is 0. The first-order valence-electron chi connectivity index (χ1n) is 3.68. The van der Waals surface area contributed by atoms with Crippen LogP contribution >= 0.6 is 15.9 Å². The van der Waals surface area contributed by atoms with Crippen LogP contribution in [0.3, 0.4) is 0 Å². The monoisotopic (exact) mass is 230 g/mol. The molecule has 0 radical (unpaired) electrons. The molecule has 1 heterocycles. The summed E-state index contributed by atoms with van der Waals surface area (Å²) in [5, 5.41) is 0. The number of hydrogen-bond donors (Lipinski definition) is 1. The van der Waals surface area contributed by atoms with Gasteiger partial charge >= 0.3 is 0 Å². The van der Waals surface area contributed by atoms with E-state index in [9.17, 15) is 0 Å². The summed E-state index contributed by atoms with van der Waals surface area (Å²) in [5.41, 5.74) is 0.981. The zero-order valence-corrected chi connectivity index (χ0v) is 8.41. The van der Waals surface area contributed by atoms with E-state index in [0.717, 1.165) is 10.3 Å². The van der Waals surface area contributed by atoms with Gasteiger partial charge in [-0.1, -0.05) is 13.0 Å². The average molecular weight is 231 g/mol. The van der Waals surface area contributed by atoms with Gasteiger partial charge in [0, 0.05) is 11.6 Å². The lowest BCUT2D eigenvalue weighted by Gasteiger charge is -2.08. The quantitative estimate of drug-likeness (QED) is 0.637. The molecule has 0 spiro atoms. The molecule has 0 amide bonds. The molecule has 0 aliphatic heterocycles. The van der Waals surface area contributed by atoms with Crippen LogP contribution in [0.2, 0.25) is 0 Å². The highest BCUT2D eigenvalue weighted by Gasteiger charge is 2.06. The van der Waals surface area contributed by atoms with Crippen LogP contribution in [0.25, 0.3) is 0 Å². The summed E-state index contributed by atoms with van der Waals surface area (Å²) in [5.74, 6) is 5.19. The maximum Gasteiger partial charge on any atom is 0.106 e. The van der Waals surface area contributed by atoms with Crippen LogP contribution in [0.4, 0.5) is 0 Å². The summed E-state index contributed by atoms with van der Waals surface area (Å²) in [6.07, 6.45) is 0. The lowest BCUT2D eigenvalue weighted by Crippen LogP contribution is -2.09. The summed E-state index contributed by atoms with van der Waals surface area (Å²) in [4.78, 5) is 8.82. The Hall–Kier alpha value is -0.450. The third-order valence-electron chi connectivity index (χ3n) is 1.59. The van der Waals surface area contributed by atoms with Crippen molar-refractivity contribution in [2.45, 2.75) is 12.8 Å². The average Bonchev–Trinajstić information content (AvgIpc) is 2.05. The van der Waals surface area contributed by atoms with Gasteiger partial charge in [0.05, 0.1) is 6.61 Å². The Morgan fingerprint density at radius 3 is 3.00 bits per heavy atom. The molecule has 1 aromatic rings. The SMILES string of the molecule is CC(CON)c1cccc(Br)n1. The molecule has 0 saturated heterocycles. The molecule has 0 aromatic carbocycles. The molecule has 66 valence electrons. The minimum atomic E-state index is 0.229. The second-order valence-electron chi connectivity index (χ2n) is 2.62. The van der Waals surface area contributed by atoms with Crippen LogP contribution in [0, 0.1) is 0 Å².